The van der Waals surface area contributed by atoms with Crippen molar-refractivity contribution in [3.8, 4) is 0 Å². The van der Waals surface area contributed by atoms with Gasteiger partial charge >= 0.3 is 0 Å². The highest BCUT2D eigenvalue weighted by Crippen LogP contribution is 2.23. The number of hydrogen-bond donors (Lipinski definition) is 1. The van der Waals surface area contributed by atoms with Crippen molar-refractivity contribution in [2.24, 2.45) is 0 Å². The normalized spacial score (nSPS) is 19.6. The number of methoxy groups -OCH3 is 1. The molecule has 0 saturated carbocycles. The lowest BCUT2D eigenvalue weighted by Crippen LogP contribution is -2.56. The molecule has 0 aromatic heterocycles. The van der Waals surface area contributed by atoms with E-state index in [2.05, 4.69) is 5.32 Å². The summed E-state index contributed by atoms with van der Waals surface area (Å²) in [7, 11) is 1.55. The summed E-state index contributed by atoms with van der Waals surface area (Å²) in [6, 6.07) is -1.82. The summed E-state index contributed by atoms with van der Waals surface area (Å²) in [5.41, 5.74) is 0. The number of nitrogens with one attached hydrogen (secondary N) is 1. The highest BCUT2D eigenvalue weighted by atomic mass is 16.5. The Balaban J connectivity index is 2.98. The Morgan fingerprint density at radius 3 is 2.50 bits per heavy atom. The van der Waals surface area contributed by atoms with Gasteiger partial charge in [-0.2, -0.15) is 0 Å². The Morgan fingerprint density at radius 1 is 1.29 bits per heavy atom. The molecule has 1 N–H and O–H groups in total. The molecule has 0 aromatic carbocycles. The number of hydrogen-bond acceptors (Lipinski definition) is 5. The molecule has 4 atom stereocenters. The minimum Gasteiger partial charge on any atom is -0.381 e. The summed E-state index contributed by atoms with van der Waals surface area (Å²) in [6.07, 6.45) is 3.15. The van der Waals surface area contributed by atoms with Crippen LogP contribution in [0.15, 0.2) is 0 Å². The Labute approximate surface area is 167 Å². The summed E-state index contributed by atoms with van der Waals surface area (Å²) < 4.78 is 5.17. The fourth-order valence-electron chi connectivity index (χ4n) is 3.52. The van der Waals surface area contributed by atoms with Gasteiger partial charge in [0.25, 0.3) is 0 Å². The molecule has 1 aliphatic heterocycles. The van der Waals surface area contributed by atoms with Crippen molar-refractivity contribution in [3.05, 3.63) is 0 Å². The number of likely N-dealkylation sites (tertiary alicyclic amines) is 1. The second kappa shape index (κ2) is 11.8. The van der Waals surface area contributed by atoms with E-state index in [0.717, 1.165) is 6.42 Å². The molecule has 1 heterocycles. The molecule has 0 bridgehead atoms. The van der Waals surface area contributed by atoms with Crippen LogP contribution >= 0.6 is 0 Å². The summed E-state index contributed by atoms with van der Waals surface area (Å²) in [5, 5.41) is 2.63. The maximum atomic E-state index is 13.3. The van der Waals surface area contributed by atoms with Gasteiger partial charge in [-0.15, -0.1) is 0 Å². The molecule has 1 rings (SSSR count). The molecule has 0 aliphatic carbocycles. The zero-order chi connectivity index (χ0) is 21.3. The van der Waals surface area contributed by atoms with Crippen LogP contribution in [-0.2, 0) is 23.9 Å². The van der Waals surface area contributed by atoms with Crippen LogP contribution in [0, 0.1) is 0 Å². The summed E-state index contributed by atoms with van der Waals surface area (Å²) >= 11 is 0. The summed E-state index contributed by atoms with van der Waals surface area (Å²) in [6.45, 7) is 8.15. The van der Waals surface area contributed by atoms with E-state index in [1.54, 1.807) is 23.8 Å². The van der Waals surface area contributed by atoms with Crippen LogP contribution in [0.25, 0.3) is 0 Å². The van der Waals surface area contributed by atoms with E-state index in [9.17, 15) is 19.2 Å². The standard InChI is InChI=1S/C20H35N3O5/c1-6-10-23(16(7-2)19(26)21-14(3)13-24)20(27)17-9-8-11-22(17)18(25)12-15(4)28-5/h13-17H,6-12H2,1-5H3,(H,21,26). The van der Waals surface area contributed by atoms with E-state index in [-0.39, 0.29) is 30.2 Å². The predicted molar refractivity (Wildman–Crippen MR) is 106 cm³/mol. The summed E-state index contributed by atoms with van der Waals surface area (Å²) in [4.78, 5) is 52.6. The largest absolute Gasteiger partial charge is 0.381 e. The molecule has 0 radical (unpaired) electrons. The first-order chi connectivity index (χ1) is 13.3. The van der Waals surface area contributed by atoms with E-state index >= 15 is 0 Å². The molecule has 0 spiro atoms. The monoisotopic (exact) mass is 397 g/mol. The van der Waals surface area contributed by atoms with E-state index < -0.39 is 18.1 Å². The first kappa shape index (κ1) is 24.1. The zero-order valence-corrected chi connectivity index (χ0v) is 17.8. The minimum atomic E-state index is -0.662. The van der Waals surface area contributed by atoms with Gasteiger partial charge in [0.05, 0.1) is 18.6 Å². The van der Waals surface area contributed by atoms with Crippen LogP contribution in [0.5, 0.6) is 0 Å². The van der Waals surface area contributed by atoms with Crippen LogP contribution in [0.4, 0.5) is 0 Å². The molecule has 8 heteroatoms. The second-order valence-electron chi connectivity index (χ2n) is 7.38. The molecule has 3 amide bonds. The molecule has 4 unspecified atom stereocenters. The summed E-state index contributed by atoms with van der Waals surface area (Å²) in [5.74, 6) is -0.639. The number of carbonyl (C=O) groups is 4. The van der Waals surface area contributed by atoms with Gasteiger partial charge in [-0.05, 0) is 39.5 Å². The van der Waals surface area contributed by atoms with Crippen LogP contribution < -0.4 is 5.32 Å². The Hall–Kier alpha value is -1.96. The number of aldehydes is 1. The van der Waals surface area contributed by atoms with Crippen molar-refractivity contribution in [3.63, 3.8) is 0 Å². The average molecular weight is 398 g/mol. The topological polar surface area (TPSA) is 96.0 Å². The number of nitrogens with zero attached hydrogens (tertiary/aromatic N) is 2. The third-order valence-electron chi connectivity index (χ3n) is 5.11. The molecular formula is C20H35N3O5. The van der Waals surface area contributed by atoms with Gasteiger partial charge in [0, 0.05) is 20.2 Å². The lowest BCUT2D eigenvalue weighted by atomic mass is 10.1. The van der Waals surface area contributed by atoms with Gasteiger partial charge in [-0.3, -0.25) is 14.4 Å². The van der Waals surface area contributed by atoms with Crippen LogP contribution in [0.2, 0.25) is 0 Å². The van der Waals surface area contributed by atoms with Crippen LogP contribution in [0.1, 0.15) is 59.8 Å². The van der Waals surface area contributed by atoms with Crippen molar-refractivity contribution in [2.75, 3.05) is 20.2 Å². The number of rotatable bonds is 11. The van der Waals surface area contributed by atoms with Crippen molar-refractivity contribution >= 4 is 24.0 Å². The van der Waals surface area contributed by atoms with Crippen molar-refractivity contribution < 1.29 is 23.9 Å². The first-order valence-corrected chi connectivity index (χ1v) is 10.2. The molecule has 0 aromatic rings. The van der Waals surface area contributed by atoms with Gasteiger partial charge in [0.1, 0.15) is 18.4 Å². The predicted octanol–water partition coefficient (Wildman–Crippen LogP) is 1.12. The lowest BCUT2D eigenvalue weighted by molar-refractivity contribution is -0.149. The van der Waals surface area contributed by atoms with Crippen LogP contribution in [0.3, 0.4) is 0 Å². The molecule has 8 nitrogen and oxygen atoms in total. The average Bonchev–Trinajstić information content (AvgIpc) is 3.16. The first-order valence-electron chi connectivity index (χ1n) is 10.2. The molecule has 160 valence electrons. The Bertz CT molecular complexity index is 554. The van der Waals surface area contributed by atoms with Gasteiger partial charge < -0.3 is 24.6 Å². The Kier molecular flexibility index (Phi) is 10.1. The molecule has 1 saturated heterocycles. The number of amides is 3. The second-order valence-corrected chi connectivity index (χ2v) is 7.38. The molecular weight excluding hydrogens is 362 g/mol. The highest BCUT2D eigenvalue weighted by molar-refractivity contribution is 5.93. The number of carbonyl (C=O) groups excluding carboxylic acids is 4. The van der Waals surface area contributed by atoms with Gasteiger partial charge in [0.2, 0.25) is 17.7 Å². The molecule has 1 aliphatic rings. The molecule has 28 heavy (non-hydrogen) atoms. The van der Waals surface area contributed by atoms with E-state index in [0.29, 0.717) is 38.6 Å². The lowest BCUT2D eigenvalue weighted by Gasteiger charge is -2.35. The smallest absolute Gasteiger partial charge is 0.246 e. The minimum absolute atomic E-state index is 0.103. The van der Waals surface area contributed by atoms with Crippen molar-refractivity contribution in [1.29, 1.82) is 0 Å². The van der Waals surface area contributed by atoms with Crippen LogP contribution in [-0.4, -0.2) is 78.2 Å². The fraction of sp³-hybridized carbons (Fsp3) is 0.800. The fourth-order valence-corrected chi connectivity index (χ4v) is 3.52. The van der Waals surface area contributed by atoms with Crippen molar-refractivity contribution in [1.82, 2.24) is 15.1 Å². The van der Waals surface area contributed by atoms with Crippen molar-refractivity contribution in [2.45, 2.75) is 84.0 Å². The quantitative estimate of drug-likeness (QED) is 0.527. The Morgan fingerprint density at radius 2 is 1.96 bits per heavy atom. The van der Waals surface area contributed by atoms with E-state index in [1.165, 1.54) is 0 Å². The molecule has 1 fully saturated rings. The third kappa shape index (κ3) is 6.29. The maximum Gasteiger partial charge on any atom is 0.246 e. The van der Waals surface area contributed by atoms with E-state index in [4.69, 9.17) is 4.74 Å². The van der Waals surface area contributed by atoms with Gasteiger partial charge in [-0.25, -0.2) is 0 Å². The van der Waals surface area contributed by atoms with Gasteiger partial charge in [-0.1, -0.05) is 13.8 Å². The third-order valence-corrected chi connectivity index (χ3v) is 5.11. The maximum absolute atomic E-state index is 13.3. The van der Waals surface area contributed by atoms with Gasteiger partial charge in [0.15, 0.2) is 0 Å². The zero-order valence-electron chi connectivity index (χ0n) is 17.8. The number of ether oxygens (including phenoxy) is 1. The highest BCUT2D eigenvalue weighted by Gasteiger charge is 2.39. The SMILES string of the molecule is CCCN(C(=O)C1CCCN1C(=O)CC(C)OC)C(CC)C(=O)NC(C)C=O. The van der Waals surface area contributed by atoms with E-state index in [1.807, 2.05) is 20.8 Å².